The first-order valence-corrected chi connectivity index (χ1v) is 13.6. The van der Waals surface area contributed by atoms with Crippen molar-refractivity contribution in [3.05, 3.63) is 65.5 Å². The van der Waals surface area contributed by atoms with Gasteiger partial charge in [-0.2, -0.15) is 10.2 Å². The van der Waals surface area contributed by atoms with Gasteiger partial charge in [0, 0.05) is 42.5 Å². The molecule has 0 unspecified atom stereocenters. The van der Waals surface area contributed by atoms with E-state index in [1.807, 2.05) is 41.7 Å². The lowest BCUT2D eigenvalue weighted by molar-refractivity contribution is 0.0124. The third-order valence-corrected chi connectivity index (χ3v) is 6.89. The molecule has 3 rings (SSSR count). The average Bonchev–Trinajstić information content (AvgIpc) is 2.86. The summed E-state index contributed by atoms with van der Waals surface area (Å²) >= 11 is 0. The van der Waals surface area contributed by atoms with Gasteiger partial charge in [0.15, 0.2) is 0 Å². The van der Waals surface area contributed by atoms with Gasteiger partial charge in [-0.1, -0.05) is 77.5 Å². The Kier molecular flexibility index (Phi) is 13.4. The second-order valence-corrected chi connectivity index (χ2v) is 9.68. The molecule has 198 valence electrons. The summed E-state index contributed by atoms with van der Waals surface area (Å²) in [6.07, 6.45) is 7.52. The van der Waals surface area contributed by atoms with Crippen LogP contribution in [-0.2, 0) is 0 Å². The quantitative estimate of drug-likeness (QED) is 0.347. The molecule has 1 fully saturated rings. The summed E-state index contributed by atoms with van der Waals surface area (Å²) in [6.45, 7) is 25.3. The maximum atomic E-state index is 4.27. The molecule has 0 atom stereocenters. The zero-order valence-corrected chi connectivity index (χ0v) is 24.7. The smallest absolute Gasteiger partial charge is 0.0932 e. The minimum atomic E-state index is 0.641. The monoisotopic (exact) mass is 490 g/mol. The average molecular weight is 491 g/mol. The van der Waals surface area contributed by atoms with E-state index in [1.54, 1.807) is 0 Å². The number of aliphatic imine (C=N–C) groups is 1. The molecule has 0 radical (unpaired) electrons. The second-order valence-electron chi connectivity index (χ2n) is 9.68. The zero-order chi connectivity index (χ0) is 27.3. The summed E-state index contributed by atoms with van der Waals surface area (Å²) < 4.78 is 0. The number of allylic oxidation sites excluding steroid dienone is 3. The Bertz CT molecular complexity index is 1000. The van der Waals surface area contributed by atoms with Crippen molar-refractivity contribution in [1.82, 2.24) is 15.1 Å². The SMILES string of the molecule is C/C=C(\C(C)=NC)c1ccc(-c2cc(C)c(C)nn2)cc1.C=C(C)N1CC(CCC)(CCC)C1.CC. The van der Waals surface area contributed by atoms with Crippen LogP contribution in [0.25, 0.3) is 16.8 Å². The van der Waals surface area contributed by atoms with E-state index < -0.39 is 0 Å². The normalized spacial score (nSPS) is 14.7. The summed E-state index contributed by atoms with van der Waals surface area (Å²) in [6, 6.07) is 10.5. The predicted molar refractivity (Wildman–Crippen MR) is 160 cm³/mol. The minimum absolute atomic E-state index is 0.641. The predicted octanol–water partition coefficient (Wildman–Crippen LogP) is 8.70. The Morgan fingerprint density at radius 2 is 1.58 bits per heavy atom. The fourth-order valence-electron chi connectivity index (χ4n) is 4.75. The van der Waals surface area contributed by atoms with Crippen molar-refractivity contribution in [3.8, 4) is 11.3 Å². The highest BCUT2D eigenvalue weighted by molar-refractivity contribution is 6.22. The Hall–Kier alpha value is -2.75. The van der Waals surface area contributed by atoms with Gasteiger partial charge in [-0.15, -0.1) is 0 Å². The van der Waals surface area contributed by atoms with Crippen molar-refractivity contribution >= 4 is 11.3 Å². The van der Waals surface area contributed by atoms with Crippen LogP contribution in [-0.4, -0.2) is 40.9 Å². The van der Waals surface area contributed by atoms with Gasteiger partial charge in [0.2, 0.25) is 0 Å². The number of likely N-dealkylation sites (tertiary alicyclic amines) is 1. The van der Waals surface area contributed by atoms with Crippen LogP contribution < -0.4 is 0 Å². The van der Waals surface area contributed by atoms with Gasteiger partial charge in [-0.25, -0.2) is 0 Å². The molecule has 0 bridgehead atoms. The van der Waals surface area contributed by atoms with E-state index in [2.05, 4.69) is 90.8 Å². The summed E-state index contributed by atoms with van der Waals surface area (Å²) in [5.74, 6) is 0. The first kappa shape index (κ1) is 31.3. The largest absolute Gasteiger partial charge is 0.374 e. The van der Waals surface area contributed by atoms with Crippen molar-refractivity contribution in [2.75, 3.05) is 20.1 Å². The number of aromatic nitrogens is 2. The molecular formula is C32H50N4. The molecule has 1 aromatic carbocycles. The van der Waals surface area contributed by atoms with Gasteiger partial charge >= 0.3 is 0 Å². The Labute approximate surface area is 221 Å². The molecule has 0 spiro atoms. The van der Waals surface area contributed by atoms with Crippen LogP contribution in [0.3, 0.4) is 0 Å². The number of aryl methyl sites for hydroxylation is 2. The second kappa shape index (κ2) is 15.4. The molecule has 0 amide bonds. The Morgan fingerprint density at radius 3 is 2.00 bits per heavy atom. The third kappa shape index (κ3) is 8.43. The third-order valence-electron chi connectivity index (χ3n) is 6.89. The summed E-state index contributed by atoms with van der Waals surface area (Å²) in [7, 11) is 1.82. The number of benzene rings is 1. The lowest BCUT2D eigenvalue weighted by Crippen LogP contribution is -2.54. The van der Waals surface area contributed by atoms with Crippen LogP contribution in [0.4, 0.5) is 0 Å². The topological polar surface area (TPSA) is 41.4 Å². The van der Waals surface area contributed by atoms with Crippen molar-refractivity contribution in [1.29, 1.82) is 0 Å². The maximum absolute atomic E-state index is 4.27. The molecule has 36 heavy (non-hydrogen) atoms. The molecule has 0 saturated carbocycles. The van der Waals surface area contributed by atoms with Crippen molar-refractivity contribution in [3.63, 3.8) is 0 Å². The van der Waals surface area contributed by atoms with Gasteiger partial charge in [-0.05, 0) is 70.2 Å². The highest BCUT2D eigenvalue weighted by Crippen LogP contribution is 2.40. The molecule has 4 heteroatoms. The molecule has 0 N–H and O–H groups in total. The number of hydrogen-bond donors (Lipinski definition) is 0. The van der Waals surface area contributed by atoms with Crippen LogP contribution in [0.5, 0.6) is 0 Å². The molecule has 4 nitrogen and oxygen atoms in total. The molecule has 2 aromatic rings. The Morgan fingerprint density at radius 1 is 1.03 bits per heavy atom. The lowest BCUT2D eigenvalue weighted by Gasteiger charge is -2.52. The van der Waals surface area contributed by atoms with E-state index in [0.717, 1.165) is 33.8 Å². The lowest BCUT2D eigenvalue weighted by atomic mass is 9.72. The van der Waals surface area contributed by atoms with Crippen molar-refractivity contribution in [2.24, 2.45) is 10.4 Å². The zero-order valence-electron chi connectivity index (χ0n) is 24.7. The van der Waals surface area contributed by atoms with E-state index in [4.69, 9.17) is 0 Å². The summed E-state index contributed by atoms with van der Waals surface area (Å²) in [5, 5.41) is 8.46. The molecule has 1 aliphatic rings. The summed E-state index contributed by atoms with van der Waals surface area (Å²) in [4.78, 5) is 6.67. The van der Waals surface area contributed by atoms with E-state index in [9.17, 15) is 0 Å². The van der Waals surface area contributed by atoms with E-state index in [1.165, 1.54) is 50.0 Å². The van der Waals surface area contributed by atoms with Gasteiger partial charge in [0.1, 0.15) is 0 Å². The molecule has 1 aromatic heterocycles. The number of hydrogen-bond acceptors (Lipinski definition) is 4. The van der Waals surface area contributed by atoms with Crippen LogP contribution in [0.15, 0.2) is 53.7 Å². The van der Waals surface area contributed by atoms with Gasteiger partial charge < -0.3 is 4.90 Å². The van der Waals surface area contributed by atoms with Crippen LogP contribution in [0, 0.1) is 19.3 Å². The number of nitrogens with zero attached hydrogens (tertiary/aromatic N) is 4. The van der Waals surface area contributed by atoms with E-state index in [-0.39, 0.29) is 0 Å². The van der Waals surface area contributed by atoms with Crippen molar-refractivity contribution in [2.45, 2.75) is 88.0 Å². The Balaban J connectivity index is 0.000000371. The van der Waals surface area contributed by atoms with E-state index >= 15 is 0 Å². The summed E-state index contributed by atoms with van der Waals surface area (Å²) in [5.41, 5.74) is 9.37. The fourth-order valence-corrected chi connectivity index (χ4v) is 4.75. The maximum Gasteiger partial charge on any atom is 0.0932 e. The van der Waals surface area contributed by atoms with E-state index in [0.29, 0.717) is 5.41 Å². The molecule has 1 aliphatic heterocycles. The van der Waals surface area contributed by atoms with Crippen LogP contribution in [0.1, 0.15) is 91.0 Å². The number of rotatable bonds is 8. The molecule has 0 aliphatic carbocycles. The molecular weight excluding hydrogens is 440 g/mol. The first-order chi connectivity index (χ1) is 17.2. The van der Waals surface area contributed by atoms with Gasteiger partial charge in [-0.3, -0.25) is 4.99 Å². The minimum Gasteiger partial charge on any atom is -0.374 e. The van der Waals surface area contributed by atoms with Gasteiger partial charge in [0.25, 0.3) is 0 Å². The highest BCUT2D eigenvalue weighted by atomic mass is 15.2. The van der Waals surface area contributed by atoms with Crippen LogP contribution >= 0.6 is 0 Å². The molecule has 1 saturated heterocycles. The fraction of sp³-hybridized carbons (Fsp3) is 0.531. The van der Waals surface area contributed by atoms with Gasteiger partial charge in [0.05, 0.1) is 11.4 Å². The van der Waals surface area contributed by atoms with Crippen molar-refractivity contribution < 1.29 is 0 Å². The highest BCUT2D eigenvalue weighted by Gasteiger charge is 2.40. The molecule has 2 heterocycles. The van der Waals surface area contributed by atoms with Crippen LogP contribution in [0.2, 0.25) is 0 Å². The standard InChI is InChI=1S/C18H21N3.C12H23N.C2H6/c1-6-17(14(4)19-5)15-7-9-16(10-8-15)18-11-12(2)13(3)20-21-18;1-5-7-12(8-6-2)9-13(10-12)11(3)4;1-2/h6-11H,1-5H3;3,5-10H2,1-2,4H3;1-2H3/b17-6+,19-14?;;. The first-order valence-electron chi connectivity index (χ1n) is 13.6.